The number of nitrogens with zero attached hydrogens (tertiary/aromatic N) is 3. The third-order valence-corrected chi connectivity index (χ3v) is 4.63. The molecule has 3 rings (SSSR count). The Hall–Kier alpha value is -1.95. The van der Waals surface area contributed by atoms with Gasteiger partial charge >= 0.3 is 0 Å². The number of aromatic nitrogens is 1. The minimum atomic E-state index is -0.781. The second kappa shape index (κ2) is 7.30. The summed E-state index contributed by atoms with van der Waals surface area (Å²) in [5, 5.41) is 0. The first-order valence-corrected chi connectivity index (χ1v) is 8.62. The molecule has 3 heterocycles. The summed E-state index contributed by atoms with van der Waals surface area (Å²) in [7, 11) is 0. The number of likely N-dealkylation sites (tertiary alicyclic amines) is 1. The topological polar surface area (TPSA) is 64.0 Å². The van der Waals surface area contributed by atoms with E-state index in [1.165, 1.54) is 19.4 Å². The van der Waals surface area contributed by atoms with E-state index in [0.29, 0.717) is 24.4 Å². The second-order valence-corrected chi connectivity index (χ2v) is 6.80. The Morgan fingerprint density at radius 3 is 3.00 bits per heavy atom. The van der Waals surface area contributed by atoms with Crippen LogP contribution in [0.2, 0.25) is 0 Å². The van der Waals surface area contributed by atoms with Crippen molar-refractivity contribution in [3.8, 4) is 5.88 Å². The molecule has 1 aromatic heterocycles. The Morgan fingerprint density at radius 2 is 2.38 bits per heavy atom. The highest BCUT2D eigenvalue weighted by Gasteiger charge is 2.31. The van der Waals surface area contributed by atoms with Crippen LogP contribution in [0.15, 0.2) is 23.3 Å². The predicted octanol–water partition coefficient (Wildman–Crippen LogP) is 2.07. The van der Waals surface area contributed by atoms with E-state index in [4.69, 9.17) is 9.47 Å². The first-order chi connectivity index (χ1) is 11.6. The molecule has 0 radical (unpaired) electrons. The van der Waals surface area contributed by atoms with Gasteiger partial charge in [-0.1, -0.05) is 0 Å². The van der Waals surface area contributed by atoms with Crippen molar-refractivity contribution >= 4 is 12.2 Å². The van der Waals surface area contributed by atoms with Crippen LogP contribution in [0.3, 0.4) is 0 Å². The minimum absolute atomic E-state index is 0.277. The summed E-state index contributed by atoms with van der Waals surface area (Å²) in [6.45, 7) is 7.26. The first kappa shape index (κ1) is 16.9. The fraction of sp³-hybridized carbons (Fsp3) is 0.611. The standard InChI is InChI=1S/C18H25N3O3/c1-14-5-3-8-21(14)9-4-10-23-16-7-6-15(11-19-16)17-20-18(2,12-22)13-24-17/h6-7,11-12,14H,3-5,8-10,13H2,1-2H3. The molecule has 130 valence electrons. The number of ether oxygens (including phenoxy) is 2. The van der Waals surface area contributed by atoms with Gasteiger partial charge in [0.1, 0.15) is 6.61 Å². The number of carbonyl (C=O) groups excluding carboxylic acids is 1. The van der Waals surface area contributed by atoms with Gasteiger partial charge in [-0.2, -0.15) is 0 Å². The highest BCUT2D eigenvalue weighted by Crippen LogP contribution is 2.20. The molecular weight excluding hydrogens is 306 g/mol. The van der Waals surface area contributed by atoms with Gasteiger partial charge in [-0.05, 0) is 45.7 Å². The number of hydrogen-bond donors (Lipinski definition) is 0. The summed E-state index contributed by atoms with van der Waals surface area (Å²) in [4.78, 5) is 22.1. The Kier molecular flexibility index (Phi) is 5.14. The van der Waals surface area contributed by atoms with Crippen molar-refractivity contribution in [2.45, 2.75) is 44.7 Å². The summed E-state index contributed by atoms with van der Waals surface area (Å²) < 4.78 is 11.2. The van der Waals surface area contributed by atoms with Crippen molar-refractivity contribution in [1.29, 1.82) is 0 Å². The molecule has 2 unspecified atom stereocenters. The molecule has 6 heteroatoms. The van der Waals surface area contributed by atoms with Gasteiger partial charge in [0.25, 0.3) is 0 Å². The monoisotopic (exact) mass is 331 g/mol. The molecule has 2 atom stereocenters. The number of pyridine rings is 1. The van der Waals surface area contributed by atoms with Crippen LogP contribution < -0.4 is 4.74 Å². The largest absolute Gasteiger partial charge is 0.478 e. The first-order valence-electron chi connectivity index (χ1n) is 8.62. The maximum atomic E-state index is 11.0. The van der Waals surface area contributed by atoms with Crippen LogP contribution in [0.5, 0.6) is 5.88 Å². The zero-order valence-corrected chi connectivity index (χ0v) is 14.4. The molecule has 0 amide bonds. The van der Waals surface area contributed by atoms with Gasteiger partial charge in [0.15, 0.2) is 11.8 Å². The van der Waals surface area contributed by atoms with Crippen LogP contribution in [0.25, 0.3) is 0 Å². The van der Waals surface area contributed by atoms with Gasteiger partial charge in [-0.25, -0.2) is 9.98 Å². The van der Waals surface area contributed by atoms with Crippen LogP contribution in [-0.4, -0.2) is 60.0 Å². The molecule has 1 saturated heterocycles. The lowest BCUT2D eigenvalue weighted by Gasteiger charge is -2.20. The number of hydrogen-bond acceptors (Lipinski definition) is 6. The molecule has 1 fully saturated rings. The van der Waals surface area contributed by atoms with E-state index >= 15 is 0 Å². The van der Waals surface area contributed by atoms with E-state index in [1.54, 1.807) is 13.1 Å². The third kappa shape index (κ3) is 3.93. The Morgan fingerprint density at radius 1 is 1.50 bits per heavy atom. The Bertz CT molecular complexity index is 602. The van der Waals surface area contributed by atoms with Crippen molar-refractivity contribution in [2.24, 2.45) is 4.99 Å². The Labute approximate surface area is 142 Å². The number of aliphatic imine (C=N–C) groups is 1. The maximum Gasteiger partial charge on any atom is 0.218 e. The summed E-state index contributed by atoms with van der Waals surface area (Å²) >= 11 is 0. The minimum Gasteiger partial charge on any atom is -0.478 e. The predicted molar refractivity (Wildman–Crippen MR) is 91.6 cm³/mol. The van der Waals surface area contributed by atoms with Crippen LogP contribution in [0.1, 0.15) is 38.7 Å². The molecule has 0 N–H and O–H groups in total. The molecule has 2 aliphatic rings. The summed E-state index contributed by atoms with van der Waals surface area (Å²) in [5.41, 5.74) is -0.0177. The van der Waals surface area contributed by atoms with Crippen molar-refractivity contribution in [3.05, 3.63) is 23.9 Å². The van der Waals surface area contributed by atoms with Gasteiger partial charge in [-0.3, -0.25) is 0 Å². The molecule has 1 aromatic rings. The SMILES string of the molecule is CC1CCCN1CCCOc1ccc(C2=NC(C)(C=O)CO2)cn1. The lowest BCUT2D eigenvalue weighted by molar-refractivity contribution is -0.112. The summed E-state index contributed by atoms with van der Waals surface area (Å²) in [5.74, 6) is 1.07. The third-order valence-electron chi connectivity index (χ3n) is 4.63. The molecule has 0 spiro atoms. The zero-order chi connectivity index (χ0) is 17.0. The average molecular weight is 331 g/mol. The van der Waals surface area contributed by atoms with Crippen LogP contribution >= 0.6 is 0 Å². The molecule has 0 aliphatic carbocycles. The highest BCUT2D eigenvalue weighted by molar-refractivity contribution is 5.97. The lowest BCUT2D eigenvalue weighted by Crippen LogP contribution is -2.28. The summed E-state index contributed by atoms with van der Waals surface area (Å²) in [6, 6.07) is 4.38. The van der Waals surface area contributed by atoms with Crippen molar-refractivity contribution in [1.82, 2.24) is 9.88 Å². The molecule has 0 aromatic carbocycles. The van der Waals surface area contributed by atoms with E-state index in [2.05, 4.69) is 21.8 Å². The fourth-order valence-electron chi connectivity index (χ4n) is 3.08. The number of aldehydes is 1. The number of rotatable bonds is 7. The van der Waals surface area contributed by atoms with Crippen molar-refractivity contribution in [2.75, 3.05) is 26.3 Å². The van der Waals surface area contributed by atoms with Crippen LogP contribution in [0, 0.1) is 0 Å². The van der Waals surface area contributed by atoms with Gasteiger partial charge in [0, 0.05) is 24.8 Å². The molecular formula is C18H25N3O3. The summed E-state index contributed by atoms with van der Waals surface area (Å²) in [6.07, 6.45) is 6.10. The van der Waals surface area contributed by atoms with Gasteiger partial charge in [-0.15, -0.1) is 0 Å². The molecule has 2 aliphatic heterocycles. The molecule has 0 saturated carbocycles. The molecule has 0 bridgehead atoms. The van der Waals surface area contributed by atoms with Gasteiger partial charge in [0.05, 0.1) is 12.2 Å². The van der Waals surface area contributed by atoms with E-state index < -0.39 is 5.54 Å². The van der Waals surface area contributed by atoms with Crippen LogP contribution in [-0.2, 0) is 9.53 Å². The lowest BCUT2D eigenvalue weighted by atomic mass is 10.1. The zero-order valence-electron chi connectivity index (χ0n) is 14.4. The smallest absolute Gasteiger partial charge is 0.218 e. The second-order valence-electron chi connectivity index (χ2n) is 6.80. The average Bonchev–Trinajstić information content (AvgIpc) is 3.19. The van der Waals surface area contributed by atoms with E-state index in [0.717, 1.165) is 24.8 Å². The molecule has 24 heavy (non-hydrogen) atoms. The quantitative estimate of drug-likeness (QED) is 0.565. The highest BCUT2D eigenvalue weighted by atomic mass is 16.5. The van der Waals surface area contributed by atoms with Gasteiger partial charge in [0.2, 0.25) is 11.8 Å². The van der Waals surface area contributed by atoms with Crippen molar-refractivity contribution < 1.29 is 14.3 Å². The van der Waals surface area contributed by atoms with E-state index in [1.807, 2.05) is 12.1 Å². The molecule has 6 nitrogen and oxygen atoms in total. The van der Waals surface area contributed by atoms with E-state index in [9.17, 15) is 4.79 Å². The van der Waals surface area contributed by atoms with E-state index in [-0.39, 0.29) is 6.61 Å². The maximum absolute atomic E-state index is 11.0. The van der Waals surface area contributed by atoms with Gasteiger partial charge < -0.3 is 19.2 Å². The van der Waals surface area contributed by atoms with Crippen molar-refractivity contribution in [3.63, 3.8) is 0 Å². The number of carbonyl (C=O) groups is 1. The normalized spacial score (nSPS) is 26.9. The van der Waals surface area contributed by atoms with Crippen LogP contribution in [0.4, 0.5) is 0 Å². The Balaban J connectivity index is 1.47. The fourth-order valence-corrected chi connectivity index (χ4v) is 3.08.